The van der Waals surface area contributed by atoms with Gasteiger partial charge < -0.3 is 10.2 Å². The van der Waals surface area contributed by atoms with E-state index in [4.69, 9.17) is 5.11 Å². The van der Waals surface area contributed by atoms with Crippen LogP contribution in [0.5, 0.6) is 0 Å². The highest BCUT2D eigenvalue weighted by Gasteiger charge is 2.30. The summed E-state index contributed by atoms with van der Waals surface area (Å²) in [6, 6.07) is -0.395. The molecule has 0 amide bonds. The minimum atomic E-state index is -0.766. The van der Waals surface area contributed by atoms with Crippen LogP contribution in [0.4, 0.5) is 0 Å². The van der Waals surface area contributed by atoms with Crippen molar-refractivity contribution >= 4 is 5.97 Å². The van der Waals surface area contributed by atoms with E-state index in [1.165, 1.54) is 0 Å². The summed E-state index contributed by atoms with van der Waals surface area (Å²) in [6.07, 6.45) is 4.80. The van der Waals surface area contributed by atoms with Gasteiger partial charge in [0.15, 0.2) is 0 Å². The largest absolute Gasteiger partial charge is 0.480 e. The summed E-state index contributed by atoms with van der Waals surface area (Å²) in [6.45, 7) is 2.76. The third-order valence-corrected chi connectivity index (χ3v) is 3.21. The Morgan fingerprint density at radius 1 is 1.47 bits per heavy atom. The van der Waals surface area contributed by atoms with E-state index in [1.54, 1.807) is 0 Å². The number of carboxylic acids is 1. The quantitative estimate of drug-likeness (QED) is 0.737. The van der Waals surface area contributed by atoms with Gasteiger partial charge in [0.25, 0.3) is 0 Å². The number of carbonyl (C=O) groups is 1. The summed E-state index contributed by atoms with van der Waals surface area (Å²) in [7, 11) is 0. The highest BCUT2D eigenvalue weighted by molar-refractivity contribution is 5.73. The molecule has 1 fully saturated rings. The van der Waals surface area contributed by atoms with Crippen LogP contribution in [0.25, 0.3) is 0 Å². The first-order valence-corrected chi connectivity index (χ1v) is 5.80. The maximum atomic E-state index is 11.1. The molecule has 0 aromatic rings. The van der Waals surface area contributed by atoms with Gasteiger partial charge in [-0.25, -0.2) is 0 Å². The van der Waals surface area contributed by atoms with Crippen LogP contribution in [-0.2, 0) is 4.79 Å². The van der Waals surface area contributed by atoms with Crippen LogP contribution in [0.1, 0.15) is 39.0 Å². The van der Waals surface area contributed by atoms with E-state index in [0.717, 1.165) is 32.2 Å². The predicted molar refractivity (Wildman–Crippen MR) is 57.8 cm³/mol. The highest BCUT2D eigenvalue weighted by Crippen LogP contribution is 2.20. The number of aliphatic hydroxyl groups is 1. The van der Waals surface area contributed by atoms with E-state index in [9.17, 15) is 9.90 Å². The topological polar surface area (TPSA) is 60.8 Å². The number of likely N-dealkylation sites (tertiary alicyclic amines) is 1. The summed E-state index contributed by atoms with van der Waals surface area (Å²) in [5.74, 6) is -0.766. The van der Waals surface area contributed by atoms with Crippen LogP contribution in [0.2, 0.25) is 0 Å². The molecule has 1 aliphatic heterocycles. The molecule has 88 valence electrons. The van der Waals surface area contributed by atoms with E-state index >= 15 is 0 Å². The highest BCUT2D eigenvalue weighted by atomic mass is 16.4. The van der Waals surface area contributed by atoms with Gasteiger partial charge in [-0.15, -0.1) is 0 Å². The van der Waals surface area contributed by atoms with E-state index in [2.05, 4.69) is 0 Å². The van der Waals surface area contributed by atoms with Gasteiger partial charge in [0.2, 0.25) is 0 Å². The van der Waals surface area contributed by atoms with Gasteiger partial charge in [-0.1, -0.05) is 19.8 Å². The zero-order valence-corrected chi connectivity index (χ0v) is 9.35. The Hall–Kier alpha value is -0.610. The first-order chi connectivity index (χ1) is 7.20. The van der Waals surface area contributed by atoms with Crippen LogP contribution in [0, 0.1) is 0 Å². The number of carboxylic acid groups (broad SMARTS) is 1. The number of hydrogen-bond acceptors (Lipinski definition) is 3. The third-order valence-electron chi connectivity index (χ3n) is 3.21. The first kappa shape index (κ1) is 12.5. The lowest BCUT2D eigenvalue weighted by Crippen LogP contribution is -2.48. The Labute approximate surface area is 90.9 Å². The molecule has 0 aromatic heterocycles. The monoisotopic (exact) mass is 215 g/mol. The van der Waals surface area contributed by atoms with Crippen molar-refractivity contribution in [2.24, 2.45) is 0 Å². The predicted octanol–water partition coefficient (Wildman–Crippen LogP) is 1.09. The summed E-state index contributed by atoms with van der Waals surface area (Å²) >= 11 is 0. The fraction of sp³-hybridized carbons (Fsp3) is 0.909. The average molecular weight is 215 g/mol. The Morgan fingerprint density at radius 2 is 2.20 bits per heavy atom. The fourth-order valence-corrected chi connectivity index (χ4v) is 2.36. The van der Waals surface area contributed by atoms with Crippen molar-refractivity contribution in [3.05, 3.63) is 0 Å². The standard InChI is InChI=1S/C11H21NO3/c1-2-10(11(14)15)12-7-5-3-4-6-9(12)8-13/h9-10,13H,2-8H2,1H3,(H,14,15). The zero-order chi connectivity index (χ0) is 11.3. The lowest BCUT2D eigenvalue weighted by molar-refractivity contribution is -0.144. The van der Waals surface area contributed by atoms with Crippen LogP contribution >= 0.6 is 0 Å². The summed E-state index contributed by atoms with van der Waals surface area (Å²) in [4.78, 5) is 13.0. The molecule has 0 saturated carbocycles. The Bertz CT molecular complexity index is 208. The van der Waals surface area contributed by atoms with Crippen LogP contribution < -0.4 is 0 Å². The summed E-state index contributed by atoms with van der Waals surface area (Å²) < 4.78 is 0. The van der Waals surface area contributed by atoms with Crippen LogP contribution in [-0.4, -0.2) is 46.3 Å². The van der Waals surface area contributed by atoms with Crippen molar-refractivity contribution in [1.29, 1.82) is 0 Å². The molecule has 2 N–H and O–H groups in total. The molecule has 1 aliphatic rings. The molecule has 1 heterocycles. The number of rotatable bonds is 4. The van der Waals surface area contributed by atoms with Crippen LogP contribution in [0.15, 0.2) is 0 Å². The number of aliphatic hydroxyl groups excluding tert-OH is 1. The molecule has 0 aliphatic carbocycles. The minimum Gasteiger partial charge on any atom is -0.480 e. The van der Waals surface area contributed by atoms with Gasteiger partial charge >= 0.3 is 5.97 Å². The van der Waals surface area contributed by atoms with E-state index in [0.29, 0.717) is 6.42 Å². The third kappa shape index (κ3) is 3.18. The molecule has 1 rings (SSSR count). The average Bonchev–Trinajstić information content (AvgIpc) is 2.44. The van der Waals surface area contributed by atoms with E-state index < -0.39 is 12.0 Å². The number of nitrogens with zero attached hydrogens (tertiary/aromatic N) is 1. The Kier molecular flexibility index (Phi) is 5.05. The Morgan fingerprint density at radius 3 is 2.73 bits per heavy atom. The van der Waals surface area contributed by atoms with Crippen molar-refractivity contribution in [3.63, 3.8) is 0 Å². The molecule has 2 unspecified atom stereocenters. The number of aliphatic carboxylic acids is 1. The van der Waals surface area contributed by atoms with Gasteiger partial charge in [-0.3, -0.25) is 9.69 Å². The van der Waals surface area contributed by atoms with Gasteiger partial charge in [-0.05, 0) is 25.8 Å². The molecule has 0 radical (unpaired) electrons. The van der Waals surface area contributed by atoms with Crippen molar-refractivity contribution in [1.82, 2.24) is 4.90 Å². The van der Waals surface area contributed by atoms with Crippen molar-refractivity contribution < 1.29 is 15.0 Å². The lowest BCUT2D eigenvalue weighted by atomic mass is 10.1. The van der Waals surface area contributed by atoms with Gasteiger partial charge in [0.1, 0.15) is 6.04 Å². The maximum Gasteiger partial charge on any atom is 0.320 e. The molecule has 4 nitrogen and oxygen atoms in total. The second-order valence-corrected chi connectivity index (χ2v) is 4.19. The molecular weight excluding hydrogens is 194 g/mol. The number of hydrogen-bond donors (Lipinski definition) is 2. The summed E-state index contributed by atoms with van der Waals surface area (Å²) in [5, 5.41) is 18.4. The Balaban J connectivity index is 2.71. The summed E-state index contributed by atoms with van der Waals surface area (Å²) in [5.41, 5.74) is 0. The molecule has 0 bridgehead atoms. The molecule has 0 spiro atoms. The molecule has 2 atom stereocenters. The molecule has 1 saturated heterocycles. The van der Waals surface area contributed by atoms with Crippen molar-refractivity contribution in [2.75, 3.05) is 13.2 Å². The van der Waals surface area contributed by atoms with E-state index in [-0.39, 0.29) is 12.6 Å². The maximum absolute atomic E-state index is 11.1. The fourth-order valence-electron chi connectivity index (χ4n) is 2.36. The van der Waals surface area contributed by atoms with Gasteiger partial charge in [0.05, 0.1) is 6.61 Å². The first-order valence-electron chi connectivity index (χ1n) is 5.80. The molecule has 15 heavy (non-hydrogen) atoms. The van der Waals surface area contributed by atoms with E-state index in [1.807, 2.05) is 11.8 Å². The SMILES string of the molecule is CCC(C(=O)O)N1CCCCCC1CO. The van der Waals surface area contributed by atoms with Gasteiger partial charge in [0, 0.05) is 6.04 Å². The van der Waals surface area contributed by atoms with Crippen molar-refractivity contribution in [2.45, 2.75) is 51.1 Å². The molecule has 4 heteroatoms. The second-order valence-electron chi connectivity index (χ2n) is 4.19. The lowest BCUT2D eigenvalue weighted by Gasteiger charge is -2.33. The van der Waals surface area contributed by atoms with Crippen molar-refractivity contribution in [3.8, 4) is 0 Å². The van der Waals surface area contributed by atoms with Gasteiger partial charge in [-0.2, -0.15) is 0 Å². The molecular formula is C11H21NO3. The minimum absolute atomic E-state index is 0.0357. The smallest absolute Gasteiger partial charge is 0.320 e. The van der Waals surface area contributed by atoms with Crippen LogP contribution in [0.3, 0.4) is 0 Å². The second kappa shape index (κ2) is 6.08. The zero-order valence-electron chi connectivity index (χ0n) is 9.35. The normalized spacial score (nSPS) is 25.9. The molecule has 0 aromatic carbocycles.